The van der Waals surface area contributed by atoms with Gasteiger partial charge in [0, 0.05) is 17.9 Å². The molecular weight excluding hydrogens is 200 g/mol. The van der Waals surface area contributed by atoms with Crippen LogP contribution in [0.5, 0.6) is 0 Å². The number of hydrogen-bond donors (Lipinski definition) is 1. The van der Waals surface area contributed by atoms with Gasteiger partial charge in [-0.05, 0) is 31.4 Å². The molecule has 0 fully saturated rings. The fraction of sp³-hybridized carbons (Fsp3) is 0.308. The zero-order valence-corrected chi connectivity index (χ0v) is 9.49. The van der Waals surface area contributed by atoms with Crippen LogP contribution in [0.2, 0.25) is 0 Å². The van der Waals surface area contributed by atoms with Crippen molar-refractivity contribution in [2.75, 3.05) is 11.4 Å². The van der Waals surface area contributed by atoms with Crippen molar-refractivity contribution in [3.05, 3.63) is 42.1 Å². The summed E-state index contributed by atoms with van der Waals surface area (Å²) >= 11 is 0. The Kier molecular flexibility index (Phi) is 2.95. The molecule has 0 aromatic heterocycles. The SMILES string of the molecule is C=C(C)NC(=O)N1CCCc2ccccc21. The Labute approximate surface area is 95.8 Å². The number of nitrogens with zero attached hydrogens (tertiary/aromatic N) is 1. The Bertz CT molecular complexity index is 426. The standard InChI is InChI=1S/C13H16N2O/c1-10(2)14-13(16)15-9-5-7-11-6-3-4-8-12(11)15/h3-4,6,8H,1,5,7,9H2,2H3,(H,14,16). The Morgan fingerprint density at radius 1 is 1.44 bits per heavy atom. The van der Waals surface area contributed by atoms with Crippen LogP contribution in [0.1, 0.15) is 18.9 Å². The van der Waals surface area contributed by atoms with Crippen LogP contribution in [-0.2, 0) is 6.42 Å². The van der Waals surface area contributed by atoms with Crippen molar-refractivity contribution in [1.82, 2.24) is 5.32 Å². The summed E-state index contributed by atoms with van der Waals surface area (Å²) in [5, 5.41) is 2.75. The van der Waals surface area contributed by atoms with Gasteiger partial charge in [-0.2, -0.15) is 0 Å². The summed E-state index contributed by atoms with van der Waals surface area (Å²) < 4.78 is 0. The first-order valence-electron chi connectivity index (χ1n) is 5.50. The number of carbonyl (C=O) groups excluding carboxylic acids is 1. The largest absolute Gasteiger partial charge is 0.326 e. The second-order valence-electron chi connectivity index (χ2n) is 4.09. The molecule has 0 spiro atoms. The third kappa shape index (κ3) is 2.08. The van der Waals surface area contributed by atoms with E-state index < -0.39 is 0 Å². The van der Waals surface area contributed by atoms with Crippen LogP contribution < -0.4 is 10.2 Å². The van der Waals surface area contributed by atoms with Crippen LogP contribution in [0.25, 0.3) is 0 Å². The quantitative estimate of drug-likeness (QED) is 0.769. The molecule has 0 unspecified atom stereocenters. The number of nitrogens with one attached hydrogen (secondary N) is 1. The average Bonchev–Trinajstić information content (AvgIpc) is 2.27. The van der Waals surface area contributed by atoms with E-state index >= 15 is 0 Å². The topological polar surface area (TPSA) is 32.3 Å². The van der Waals surface area contributed by atoms with Crippen molar-refractivity contribution in [3.8, 4) is 0 Å². The van der Waals surface area contributed by atoms with Crippen LogP contribution in [0, 0.1) is 0 Å². The Morgan fingerprint density at radius 3 is 2.94 bits per heavy atom. The first-order chi connectivity index (χ1) is 7.68. The lowest BCUT2D eigenvalue weighted by Gasteiger charge is -2.29. The van der Waals surface area contributed by atoms with E-state index in [0.717, 1.165) is 25.1 Å². The van der Waals surface area contributed by atoms with Gasteiger partial charge in [-0.15, -0.1) is 0 Å². The van der Waals surface area contributed by atoms with E-state index in [1.54, 1.807) is 11.8 Å². The van der Waals surface area contributed by atoms with Gasteiger partial charge in [0.25, 0.3) is 0 Å². The van der Waals surface area contributed by atoms with Crippen molar-refractivity contribution in [3.63, 3.8) is 0 Å². The van der Waals surface area contributed by atoms with Crippen molar-refractivity contribution < 1.29 is 4.79 Å². The zero-order valence-electron chi connectivity index (χ0n) is 9.49. The van der Waals surface area contributed by atoms with Gasteiger partial charge >= 0.3 is 6.03 Å². The summed E-state index contributed by atoms with van der Waals surface area (Å²) in [6, 6.07) is 7.96. The third-order valence-electron chi connectivity index (χ3n) is 2.68. The van der Waals surface area contributed by atoms with Gasteiger partial charge in [0.15, 0.2) is 0 Å². The van der Waals surface area contributed by atoms with Crippen molar-refractivity contribution in [2.45, 2.75) is 19.8 Å². The van der Waals surface area contributed by atoms with Gasteiger partial charge in [0.05, 0.1) is 0 Å². The molecule has 1 aromatic rings. The Morgan fingerprint density at radius 2 is 2.19 bits per heavy atom. The van der Waals surface area contributed by atoms with Crippen molar-refractivity contribution in [1.29, 1.82) is 0 Å². The van der Waals surface area contributed by atoms with Crippen LogP contribution in [0.4, 0.5) is 10.5 Å². The maximum atomic E-state index is 11.9. The van der Waals surface area contributed by atoms with Gasteiger partial charge in [-0.25, -0.2) is 4.79 Å². The smallest absolute Gasteiger partial charge is 0.312 e. The molecule has 1 aliphatic heterocycles. The molecule has 0 saturated heterocycles. The van der Waals surface area contributed by atoms with E-state index in [0.29, 0.717) is 5.70 Å². The molecule has 3 heteroatoms. The predicted molar refractivity (Wildman–Crippen MR) is 65.5 cm³/mol. The number of amides is 2. The van der Waals surface area contributed by atoms with Gasteiger partial charge in [0.1, 0.15) is 0 Å². The molecule has 2 amide bonds. The van der Waals surface area contributed by atoms with Gasteiger partial charge < -0.3 is 5.32 Å². The molecule has 0 aliphatic carbocycles. The normalized spacial score (nSPS) is 14.2. The molecule has 16 heavy (non-hydrogen) atoms. The number of hydrogen-bond acceptors (Lipinski definition) is 1. The fourth-order valence-corrected chi connectivity index (χ4v) is 1.99. The number of anilines is 1. The highest BCUT2D eigenvalue weighted by molar-refractivity contribution is 5.94. The molecule has 2 rings (SSSR count). The molecule has 3 nitrogen and oxygen atoms in total. The number of benzene rings is 1. The highest BCUT2D eigenvalue weighted by atomic mass is 16.2. The maximum Gasteiger partial charge on any atom is 0.326 e. The predicted octanol–water partition coefficient (Wildman–Crippen LogP) is 2.68. The Hall–Kier alpha value is -1.77. The van der Waals surface area contributed by atoms with Crippen molar-refractivity contribution >= 4 is 11.7 Å². The lowest BCUT2D eigenvalue weighted by Crippen LogP contribution is -2.41. The lowest BCUT2D eigenvalue weighted by atomic mass is 10.0. The van der Waals surface area contributed by atoms with Crippen LogP contribution in [0.3, 0.4) is 0 Å². The molecular formula is C13H16N2O. The number of allylic oxidation sites excluding steroid dienone is 1. The number of urea groups is 1. The highest BCUT2D eigenvalue weighted by Gasteiger charge is 2.21. The molecule has 0 atom stereocenters. The second kappa shape index (κ2) is 4.39. The van der Waals surface area contributed by atoms with Gasteiger partial charge in [-0.3, -0.25) is 4.90 Å². The summed E-state index contributed by atoms with van der Waals surface area (Å²) in [7, 11) is 0. The Balaban J connectivity index is 2.24. The molecule has 0 radical (unpaired) electrons. The highest BCUT2D eigenvalue weighted by Crippen LogP contribution is 2.26. The summed E-state index contributed by atoms with van der Waals surface area (Å²) in [5.74, 6) is 0. The summed E-state index contributed by atoms with van der Waals surface area (Å²) in [6.07, 6.45) is 2.06. The number of fused-ring (bicyclic) bond motifs is 1. The van der Waals surface area contributed by atoms with E-state index in [1.165, 1.54) is 5.56 Å². The first kappa shape index (κ1) is 10.7. The minimum absolute atomic E-state index is 0.0837. The first-order valence-corrected chi connectivity index (χ1v) is 5.50. The molecule has 0 saturated carbocycles. The number of carbonyl (C=O) groups is 1. The summed E-state index contributed by atoms with van der Waals surface area (Å²) in [4.78, 5) is 13.7. The lowest BCUT2D eigenvalue weighted by molar-refractivity contribution is 0.248. The van der Waals surface area contributed by atoms with E-state index in [2.05, 4.69) is 18.0 Å². The van der Waals surface area contributed by atoms with Gasteiger partial charge in [-0.1, -0.05) is 24.8 Å². The zero-order chi connectivity index (χ0) is 11.5. The molecule has 1 aromatic carbocycles. The van der Waals surface area contributed by atoms with E-state index in [1.807, 2.05) is 18.2 Å². The van der Waals surface area contributed by atoms with Crippen LogP contribution >= 0.6 is 0 Å². The van der Waals surface area contributed by atoms with E-state index in [4.69, 9.17) is 0 Å². The maximum absolute atomic E-state index is 11.9. The molecule has 1 N–H and O–H groups in total. The van der Waals surface area contributed by atoms with Crippen LogP contribution in [0.15, 0.2) is 36.5 Å². The molecule has 1 heterocycles. The number of para-hydroxylation sites is 1. The second-order valence-corrected chi connectivity index (χ2v) is 4.09. The summed E-state index contributed by atoms with van der Waals surface area (Å²) in [5.41, 5.74) is 2.94. The minimum atomic E-state index is -0.0837. The third-order valence-corrected chi connectivity index (χ3v) is 2.68. The van der Waals surface area contributed by atoms with E-state index in [9.17, 15) is 4.79 Å². The van der Waals surface area contributed by atoms with Crippen LogP contribution in [-0.4, -0.2) is 12.6 Å². The van der Waals surface area contributed by atoms with Gasteiger partial charge in [0.2, 0.25) is 0 Å². The van der Waals surface area contributed by atoms with Crippen molar-refractivity contribution in [2.24, 2.45) is 0 Å². The number of rotatable bonds is 1. The number of aryl methyl sites for hydroxylation is 1. The minimum Gasteiger partial charge on any atom is -0.312 e. The fourth-order valence-electron chi connectivity index (χ4n) is 1.99. The monoisotopic (exact) mass is 216 g/mol. The molecule has 84 valence electrons. The summed E-state index contributed by atoms with van der Waals surface area (Å²) in [6.45, 7) is 6.25. The average molecular weight is 216 g/mol. The molecule has 1 aliphatic rings. The van der Waals surface area contributed by atoms with E-state index in [-0.39, 0.29) is 6.03 Å². The molecule has 0 bridgehead atoms.